The van der Waals surface area contributed by atoms with Crippen LogP contribution in [0.4, 0.5) is 5.13 Å². The normalized spacial score (nSPS) is 11.1. The lowest BCUT2D eigenvalue weighted by molar-refractivity contribution is 0.102. The number of anilines is 1. The van der Waals surface area contributed by atoms with Gasteiger partial charge in [-0.3, -0.25) is 10.1 Å². The number of nitrogens with one attached hydrogen (secondary N) is 1. The van der Waals surface area contributed by atoms with E-state index in [0.29, 0.717) is 21.4 Å². The SMILES string of the molecule is O=C(Nc1nc2ccc(Br)cc2s1)c1cc(-c2ccc(Cl)cc2)nc2ccccc12. The molecule has 0 saturated carbocycles. The van der Waals surface area contributed by atoms with Gasteiger partial charge in [0.25, 0.3) is 5.91 Å². The summed E-state index contributed by atoms with van der Waals surface area (Å²) >= 11 is 10.9. The number of benzene rings is 3. The molecular weight excluding hydrogens is 482 g/mol. The molecule has 0 radical (unpaired) electrons. The third kappa shape index (κ3) is 3.69. The molecular formula is C23H13BrClN3OS. The zero-order valence-electron chi connectivity index (χ0n) is 15.4. The molecule has 146 valence electrons. The number of pyridine rings is 1. The maximum Gasteiger partial charge on any atom is 0.258 e. The molecule has 0 saturated heterocycles. The number of hydrogen-bond acceptors (Lipinski definition) is 4. The first-order valence-electron chi connectivity index (χ1n) is 9.10. The highest BCUT2D eigenvalue weighted by atomic mass is 79.9. The lowest BCUT2D eigenvalue weighted by atomic mass is 10.0. The van der Waals surface area contributed by atoms with Gasteiger partial charge in [-0.15, -0.1) is 0 Å². The van der Waals surface area contributed by atoms with Gasteiger partial charge in [-0.1, -0.05) is 69.2 Å². The number of carbonyl (C=O) groups excluding carboxylic acids is 1. The fourth-order valence-corrected chi connectivity index (χ4v) is 4.79. The molecule has 4 nitrogen and oxygen atoms in total. The average Bonchev–Trinajstić information content (AvgIpc) is 3.14. The van der Waals surface area contributed by atoms with Crippen LogP contribution in [0.3, 0.4) is 0 Å². The van der Waals surface area contributed by atoms with Crippen molar-refractivity contribution in [3.63, 3.8) is 0 Å². The molecule has 0 fully saturated rings. The second kappa shape index (κ2) is 7.80. The summed E-state index contributed by atoms with van der Waals surface area (Å²) in [5.74, 6) is -0.220. The number of nitrogens with zero attached hydrogens (tertiary/aromatic N) is 2. The van der Waals surface area contributed by atoms with Crippen LogP contribution >= 0.6 is 38.9 Å². The lowest BCUT2D eigenvalue weighted by Gasteiger charge is -2.09. The zero-order valence-corrected chi connectivity index (χ0v) is 18.6. The van der Waals surface area contributed by atoms with Crippen LogP contribution < -0.4 is 5.32 Å². The zero-order chi connectivity index (χ0) is 20.7. The Hall–Kier alpha value is -2.80. The van der Waals surface area contributed by atoms with E-state index in [2.05, 4.69) is 26.2 Å². The van der Waals surface area contributed by atoms with Gasteiger partial charge in [0, 0.05) is 20.4 Å². The van der Waals surface area contributed by atoms with Crippen molar-refractivity contribution in [3.8, 4) is 11.3 Å². The summed E-state index contributed by atoms with van der Waals surface area (Å²) in [6.07, 6.45) is 0. The van der Waals surface area contributed by atoms with E-state index in [1.165, 1.54) is 11.3 Å². The Morgan fingerprint density at radius 2 is 1.73 bits per heavy atom. The Balaban J connectivity index is 1.57. The van der Waals surface area contributed by atoms with Crippen LogP contribution in [0.2, 0.25) is 5.02 Å². The molecule has 0 spiro atoms. The molecule has 0 aliphatic heterocycles. The van der Waals surface area contributed by atoms with Gasteiger partial charge in [0.15, 0.2) is 5.13 Å². The second-order valence-electron chi connectivity index (χ2n) is 6.66. The van der Waals surface area contributed by atoms with Crippen LogP contribution in [0, 0.1) is 0 Å². The second-order valence-corrected chi connectivity index (χ2v) is 9.05. The molecule has 0 aliphatic carbocycles. The summed E-state index contributed by atoms with van der Waals surface area (Å²) in [4.78, 5) is 22.5. The first kappa shape index (κ1) is 19.2. The van der Waals surface area contributed by atoms with E-state index in [1.54, 1.807) is 0 Å². The Morgan fingerprint density at radius 3 is 2.57 bits per heavy atom. The van der Waals surface area contributed by atoms with Crippen molar-refractivity contribution in [2.24, 2.45) is 0 Å². The standard InChI is InChI=1S/C23H13BrClN3OS/c24-14-7-10-19-21(11-14)30-23(27-19)28-22(29)17-12-20(13-5-8-15(25)9-6-13)26-18-4-2-1-3-16(17)18/h1-12H,(H,27,28,29). The molecule has 1 amide bonds. The predicted molar refractivity (Wildman–Crippen MR) is 127 cm³/mol. The van der Waals surface area contributed by atoms with Crippen molar-refractivity contribution in [1.82, 2.24) is 9.97 Å². The third-order valence-electron chi connectivity index (χ3n) is 4.67. The van der Waals surface area contributed by atoms with E-state index in [4.69, 9.17) is 16.6 Å². The molecule has 5 rings (SSSR count). The van der Waals surface area contributed by atoms with Gasteiger partial charge in [-0.2, -0.15) is 0 Å². The molecule has 0 bridgehead atoms. The van der Waals surface area contributed by atoms with Gasteiger partial charge in [0.2, 0.25) is 0 Å². The van der Waals surface area contributed by atoms with Gasteiger partial charge < -0.3 is 0 Å². The van der Waals surface area contributed by atoms with Crippen molar-refractivity contribution >= 4 is 71.0 Å². The van der Waals surface area contributed by atoms with Crippen LogP contribution in [0.25, 0.3) is 32.4 Å². The fourth-order valence-electron chi connectivity index (χ4n) is 3.25. The summed E-state index contributed by atoms with van der Waals surface area (Å²) < 4.78 is 1.98. The Bertz CT molecular complexity index is 1420. The average molecular weight is 495 g/mol. The van der Waals surface area contributed by atoms with Crippen molar-refractivity contribution in [2.45, 2.75) is 0 Å². The molecule has 0 atom stereocenters. The van der Waals surface area contributed by atoms with Gasteiger partial charge in [-0.25, -0.2) is 9.97 Å². The molecule has 30 heavy (non-hydrogen) atoms. The molecule has 2 aromatic heterocycles. The van der Waals surface area contributed by atoms with Crippen LogP contribution in [-0.4, -0.2) is 15.9 Å². The molecule has 3 aromatic carbocycles. The first-order valence-corrected chi connectivity index (χ1v) is 11.1. The van der Waals surface area contributed by atoms with Crippen LogP contribution in [0.5, 0.6) is 0 Å². The molecule has 7 heteroatoms. The number of amides is 1. The highest BCUT2D eigenvalue weighted by Crippen LogP contribution is 2.30. The van der Waals surface area contributed by atoms with E-state index in [-0.39, 0.29) is 5.91 Å². The number of carbonyl (C=O) groups is 1. The highest BCUT2D eigenvalue weighted by molar-refractivity contribution is 9.10. The van der Waals surface area contributed by atoms with Crippen LogP contribution in [-0.2, 0) is 0 Å². The van der Waals surface area contributed by atoms with Gasteiger partial charge in [0.05, 0.1) is 27.0 Å². The number of halogens is 2. The number of aromatic nitrogens is 2. The Kier molecular flexibility index (Phi) is 4.98. The smallest absolute Gasteiger partial charge is 0.258 e. The largest absolute Gasteiger partial charge is 0.298 e. The van der Waals surface area contributed by atoms with Crippen molar-refractivity contribution in [3.05, 3.63) is 87.9 Å². The number of hydrogen-bond donors (Lipinski definition) is 1. The Labute approximate surface area is 189 Å². The van der Waals surface area contributed by atoms with E-state index < -0.39 is 0 Å². The van der Waals surface area contributed by atoms with Gasteiger partial charge >= 0.3 is 0 Å². The number of rotatable bonds is 3. The topological polar surface area (TPSA) is 54.9 Å². The van der Waals surface area contributed by atoms with E-state index in [0.717, 1.165) is 31.2 Å². The highest BCUT2D eigenvalue weighted by Gasteiger charge is 2.16. The third-order valence-corrected chi connectivity index (χ3v) is 6.35. The maximum absolute atomic E-state index is 13.2. The van der Waals surface area contributed by atoms with Gasteiger partial charge in [-0.05, 0) is 42.5 Å². The van der Waals surface area contributed by atoms with Crippen LogP contribution in [0.1, 0.15) is 10.4 Å². The quantitative estimate of drug-likeness (QED) is 0.289. The summed E-state index contributed by atoms with van der Waals surface area (Å²) in [6, 6.07) is 22.7. The maximum atomic E-state index is 13.2. The summed E-state index contributed by atoms with van der Waals surface area (Å²) in [6.45, 7) is 0. The number of thiazole rings is 1. The molecule has 1 N–H and O–H groups in total. The van der Waals surface area contributed by atoms with Crippen molar-refractivity contribution in [2.75, 3.05) is 5.32 Å². The predicted octanol–water partition coefficient (Wildman–Crippen LogP) is 7.18. The molecule has 2 heterocycles. The minimum atomic E-state index is -0.220. The number of fused-ring (bicyclic) bond motifs is 2. The molecule has 0 unspecified atom stereocenters. The first-order chi connectivity index (χ1) is 14.6. The number of para-hydroxylation sites is 1. The van der Waals surface area contributed by atoms with Gasteiger partial charge in [0.1, 0.15) is 0 Å². The fraction of sp³-hybridized carbons (Fsp3) is 0. The summed E-state index contributed by atoms with van der Waals surface area (Å²) in [5.41, 5.74) is 3.75. The minimum Gasteiger partial charge on any atom is -0.298 e. The van der Waals surface area contributed by atoms with E-state index in [9.17, 15) is 4.79 Å². The monoisotopic (exact) mass is 493 g/mol. The van der Waals surface area contributed by atoms with Crippen LogP contribution in [0.15, 0.2) is 77.3 Å². The Morgan fingerprint density at radius 1 is 0.933 bits per heavy atom. The van der Waals surface area contributed by atoms with E-state index in [1.807, 2.05) is 72.8 Å². The van der Waals surface area contributed by atoms with Crippen molar-refractivity contribution in [1.29, 1.82) is 0 Å². The summed E-state index contributed by atoms with van der Waals surface area (Å²) in [5, 5.41) is 4.95. The van der Waals surface area contributed by atoms with Crippen molar-refractivity contribution < 1.29 is 4.79 Å². The minimum absolute atomic E-state index is 0.220. The van der Waals surface area contributed by atoms with E-state index >= 15 is 0 Å². The molecule has 0 aliphatic rings. The lowest BCUT2D eigenvalue weighted by Crippen LogP contribution is -2.13. The summed E-state index contributed by atoms with van der Waals surface area (Å²) in [7, 11) is 0. The molecule has 5 aromatic rings.